The van der Waals surface area contributed by atoms with Crippen LogP contribution in [0.3, 0.4) is 0 Å². The van der Waals surface area contributed by atoms with Crippen molar-refractivity contribution in [3.8, 4) is 0 Å². The van der Waals surface area contributed by atoms with Crippen molar-refractivity contribution in [2.75, 3.05) is 7.05 Å². The van der Waals surface area contributed by atoms with Crippen LogP contribution in [0.1, 0.15) is 69.4 Å². The topological polar surface area (TPSA) is 55.6 Å². The fourth-order valence-corrected chi connectivity index (χ4v) is 4.99. The van der Waals surface area contributed by atoms with E-state index >= 15 is 0 Å². The zero-order valence-corrected chi connectivity index (χ0v) is 18.5. The van der Waals surface area contributed by atoms with Gasteiger partial charge in [0.25, 0.3) is 0 Å². The molecule has 0 saturated heterocycles. The molecule has 1 aliphatic rings. The Morgan fingerprint density at radius 1 is 0.933 bits per heavy atom. The molecule has 5 nitrogen and oxygen atoms in total. The maximum Gasteiger partial charge on any atom is 0.172 e. The summed E-state index contributed by atoms with van der Waals surface area (Å²) in [4.78, 5) is 0. The van der Waals surface area contributed by atoms with Crippen molar-refractivity contribution >= 4 is 0 Å². The van der Waals surface area contributed by atoms with Crippen molar-refractivity contribution < 1.29 is 0 Å². The molecule has 1 N–H and O–H groups in total. The van der Waals surface area contributed by atoms with Crippen molar-refractivity contribution in [3.05, 3.63) is 77.6 Å². The van der Waals surface area contributed by atoms with E-state index in [0.717, 1.165) is 24.6 Å². The van der Waals surface area contributed by atoms with E-state index in [1.54, 1.807) is 0 Å². The molecule has 1 saturated carbocycles. The Balaban J connectivity index is 1.75. The minimum Gasteiger partial charge on any atom is -0.308 e. The van der Waals surface area contributed by atoms with Crippen LogP contribution >= 0.6 is 0 Å². The predicted octanol–water partition coefficient (Wildman–Crippen LogP) is 4.96. The fraction of sp³-hybridized carbons (Fsp3) is 0.480. The maximum atomic E-state index is 4.58. The van der Waals surface area contributed by atoms with Crippen LogP contribution in [0, 0.1) is 11.3 Å². The Bertz CT molecular complexity index is 895. The van der Waals surface area contributed by atoms with Gasteiger partial charge in [-0.3, -0.25) is 0 Å². The molecule has 0 amide bonds. The second-order valence-corrected chi connectivity index (χ2v) is 9.64. The molecule has 1 heterocycles. The van der Waals surface area contributed by atoms with Gasteiger partial charge in [0, 0.05) is 0 Å². The summed E-state index contributed by atoms with van der Waals surface area (Å²) in [5.41, 5.74) is 2.51. The lowest BCUT2D eigenvalue weighted by molar-refractivity contribution is 0.110. The van der Waals surface area contributed by atoms with E-state index in [0.29, 0.717) is 5.41 Å². The van der Waals surface area contributed by atoms with Crippen LogP contribution in [0.25, 0.3) is 0 Å². The summed E-state index contributed by atoms with van der Waals surface area (Å²) in [6.07, 6.45) is 4.45. The molecule has 0 spiro atoms. The van der Waals surface area contributed by atoms with Crippen molar-refractivity contribution in [2.45, 2.75) is 58.0 Å². The van der Waals surface area contributed by atoms with Crippen LogP contribution in [-0.4, -0.2) is 27.3 Å². The van der Waals surface area contributed by atoms with Gasteiger partial charge in [0.15, 0.2) is 5.82 Å². The van der Waals surface area contributed by atoms with Gasteiger partial charge in [-0.15, -0.1) is 5.10 Å². The van der Waals surface area contributed by atoms with Crippen LogP contribution in [0.5, 0.6) is 0 Å². The molecule has 2 aromatic carbocycles. The van der Waals surface area contributed by atoms with Crippen molar-refractivity contribution in [3.63, 3.8) is 0 Å². The number of aromatic nitrogens is 4. The third-order valence-corrected chi connectivity index (χ3v) is 6.94. The van der Waals surface area contributed by atoms with Crippen molar-refractivity contribution in [1.29, 1.82) is 0 Å². The molecule has 0 bridgehead atoms. The SMILES string of the molecule is CNC1(c2nnnn2C(c2ccccc2)c2ccccc2)CCC(C(C)(C)C)CC1. The molecular weight excluding hydrogens is 370 g/mol. The average molecular weight is 404 g/mol. The van der Waals surface area contributed by atoms with E-state index in [1.165, 1.54) is 24.0 Å². The largest absolute Gasteiger partial charge is 0.308 e. The second-order valence-electron chi connectivity index (χ2n) is 9.64. The summed E-state index contributed by atoms with van der Waals surface area (Å²) < 4.78 is 2.04. The standard InChI is InChI=1S/C25H33N5/c1-24(2,3)21-15-17-25(26-4,18-16-21)23-27-28-29-30(23)22(19-11-7-5-8-12-19)20-13-9-6-10-14-20/h5-14,21-22,26H,15-18H2,1-4H3. The van der Waals surface area contributed by atoms with E-state index < -0.39 is 0 Å². The maximum absolute atomic E-state index is 4.58. The summed E-state index contributed by atoms with van der Waals surface area (Å²) in [7, 11) is 2.05. The number of benzene rings is 2. The smallest absolute Gasteiger partial charge is 0.172 e. The first-order valence-electron chi connectivity index (χ1n) is 11.0. The highest BCUT2D eigenvalue weighted by molar-refractivity contribution is 5.33. The van der Waals surface area contributed by atoms with Crippen molar-refractivity contribution in [2.24, 2.45) is 11.3 Å². The first-order chi connectivity index (χ1) is 14.4. The first-order valence-corrected chi connectivity index (χ1v) is 11.0. The summed E-state index contributed by atoms with van der Waals surface area (Å²) in [5.74, 6) is 1.66. The van der Waals surface area contributed by atoms with Crippen molar-refractivity contribution in [1.82, 2.24) is 25.5 Å². The number of nitrogens with zero attached hydrogens (tertiary/aromatic N) is 4. The fourth-order valence-electron chi connectivity index (χ4n) is 4.99. The van der Waals surface area contributed by atoms with Crippen LogP contribution in [0.2, 0.25) is 0 Å². The van der Waals surface area contributed by atoms with Gasteiger partial charge in [-0.2, -0.15) is 0 Å². The quantitative estimate of drug-likeness (QED) is 0.654. The van der Waals surface area contributed by atoms with Gasteiger partial charge in [0.1, 0.15) is 6.04 Å². The Labute approximate surface area is 179 Å². The molecule has 30 heavy (non-hydrogen) atoms. The molecule has 158 valence electrons. The van der Waals surface area contributed by atoms with E-state index in [1.807, 2.05) is 4.68 Å². The van der Waals surface area contributed by atoms with Gasteiger partial charge in [-0.05, 0) is 65.6 Å². The molecule has 4 rings (SSSR count). The van der Waals surface area contributed by atoms with Crippen LogP contribution < -0.4 is 5.32 Å². The van der Waals surface area contributed by atoms with Gasteiger partial charge in [-0.1, -0.05) is 81.4 Å². The lowest BCUT2D eigenvalue weighted by Crippen LogP contribution is -2.47. The van der Waals surface area contributed by atoms with E-state index in [2.05, 4.69) is 109 Å². The van der Waals surface area contributed by atoms with E-state index in [-0.39, 0.29) is 11.6 Å². The number of nitrogens with one attached hydrogen (secondary N) is 1. The van der Waals surface area contributed by atoms with E-state index in [9.17, 15) is 0 Å². The van der Waals surface area contributed by atoms with Gasteiger partial charge in [0.05, 0.1) is 5.54 Å². The molecule has 0 atom stereocenters. The molecule has 1 fully saturated rings. The minimum absolute atomic E-state index is 0.0528. The predicted molar refractivity (Wildman–Crippen MR) is 120 cm³/mol. The molecule has 1 aromatic heterocycles. The lowest BCUT2D eigenvalue weighted by atomic mass is 9.67. The molecular formula is C25H33N5. The van der Waals surface area contributed by atoms with Gasteiger partial charge in [-0.25, -0.2) is 4.68 Å². The Hall–Kier alpha value is -2.53. The highest BCUT2D eigenvalue weighted by Gasteiger charge is 2.43. The first kappa shape index (κ1) is 20.7. The van der Waals surface area contributed by atoms with Gasteiger partial charge >= 0.3 is 0 Å². The molecule has 0 unspecified atom stereocenters. The van der Waals surface area contributed by atoms with Gasteiger partial charge in [0.2, 0.25) is 0 Å². The Kier molecular flexibility index (Phi) is 5.74. The highest BCUT2D eigenvalue weighted by atomic mass is 15.6. The Morgan fingerprint density at radius 2 is 1.47 bits per heavy atom. The average Bonchev–Trinajstić information content (AvgIpc) is 3.25. The summed E-state index contributed by atoms with van der Waals surface area (Å²) >= 11 is 0. The molecule has 1 aliphatic carbocycles. The summed E-state index contributed by atoms with van der Waals surface area (Å²) in [5, 5.41) is 16.9. The monoisotopic (exact) mass is 403 g/mol. The van der Waals surface area contributed by atoms with Crippen LogP contribution in [0.15, 0.2) is 60.7 Å². The normalized spacial score (nSPS) is 22.4. The van der Waals surface area contributed by atoms with Crippen LogP contribution in [-0.2, 0) is 5.54 Å². The summed E-state index contributed by atoms with van der Waals surface area (Å²) in [6, 6.07) is 21.0. The van der Waals surface area contributed by atoms with E-state index in [4.69, 9.17) is 0 Å². The molecule has 0 radical (unpaired) electrons. The minimum atomic E-state index is -0.201. The Morgan fingerprint density at radius 3 is 1.93 bits per heavy atom. The van der Waals surface area contributed by atoms with Gasteiger partial charge < -0.3 is 5.32 Å². The summed E-state index contributed by atoms with van der Waals surface area (Å²) in [6.45, 7) is 7.07. The molecule has 0 aliphatic heterocycles. The third-order valence-electron chi connectivity index (χ3n) is 6.94. The second kappa shape index (κ2) is 8.31. The zero-order chi connectivity index (χ0) is 21.2. The zero-order valence-electron chi connectivity index (χ0n) is 18.5. The lowest BCUT2D eigenvalue weighted by Gasteiger charge is -2.43. The number of rotatable bonds is 5. The number of hydrogen-bond donors (Lipinski definition) is 1. The molecule has 5 heteroatoms. The van der Waals surface area contributed by atoms with Crippen LogP contribution in [0.4, 0.5) is 0 Å². The third kappa shape index (κ3) is 3.91. The molecule has 3 aromatic rings. The number of tetrazole rings is 1. The number of hydrogen-bond acceptors (Lipinski definition) is 4. The highest BCUT2D eigenvalue weighted by Crippen LogP contribution is 2.45.